The maximum atomic E-state index is 14.0. The summed E-state index contributed by atoms with van der Waals surface area (Å²) in [6.45, 7) is 1.90. The van der Waals surface area contributed by atoms with E-state index in [1.807, 2.05) is 11.0 Å². The van der Waals surface area contributed by atoms with Crippen LogP contribution in [0.3, 0.4) is 0 Å². The van der Waals surface area contributed by atoms with Crippen LogP contribution in [0.1, 0.15) is 10.4 Å². The Morgan fingerprint density at radius 2 is 1.81 bits per heavy atom. The summed E-state index contributed by atoms with van der Waals surface area (Å²) in [4.78, 5) is 33.3. The summed E-state index contributed by atoms with van der Waals surface area (Å²) in [6.07, 6.45) is 1.62. The second kappa shape index (κ2) is 6.83. The number of anilines is 1. The van der Waals surface area contributed by atoms with Crippen molar-refractivity contribution in [2.75, 3.05) is 31.1 Å². The van der Waals surface area contributed by atoms with Crippen molar-refractivity contribution in [2.45, 2.75) is 0 Å². The molecule has 0 atom stereocenters. The molecule has 0 N–H and O–H groups in total. The molecule has 4 rings (SSSR count). The fourth-order valence-corrected chi connectivity index (χ4v) is 3.48. The topological polar surface area (TPSA) is 58.4 Å². The molecule has 0 radical (unpaired) electrons. The molecule has 0 aliphatic carbocycles. The van der Waals surface area contributed by atoms with Gasteiger partial charge in [-0.1, -0.05) is 12.1 Å². The average Bonchev–Trinajstić information content (AvgIpc) is 2.71. The smallest absolute Gasteiger partial charge is 0.264 e. The van der Waals surface area contributed by atoms with Gasteiger partial charge in [-0.3, -0.25) is 14.2 Å². The SMILES string of the molecule is Cn1c(=O)c(C(=O)N2CCN(c3ccccc3F)CC2)cc2cccnc21. The molecule has 3 aromatic rings. The monoisotopic (exact) mass is 366 g/mol. The molecule has 1 saturated heterocycles. The molecule has 138 valence electrons. The van der Waals surface area contributed by atoms with E-state index in [0.29, 0.717) is 37.5 Å². The number of para-hydroxylation sites is 1. The van der Waals surface area contributed by atoms with E-state index < -0.39 is 0 Å². The fraction of sp³-hybridized carbons (Fsp3) is 0.250. The predicted molar refractivity (Wildman–Crippen MR) is 102 cm³/mol. The molecule has 1 aliphatic rings. The third kappa shape index (κ3) is 3.05. The van der Waals surface area contributed by atoms with E-state index in [4.69, 9.17) is 0 Å². The Bertz CT molecular complexity index is 1070. The maximum absolute atomic E-state index is 14.0. The lowest BCUT2D eigenvalue weighted by Crippen LogP contribution is -2.50. The molecule has 1 amide bonds. The van der Waals surface area contributed by atoms with Crippen LogP contribution < -0.4 is 10.5 Å². The first kappa shape index (κ1) is 17.2. The highest BCUT2D eigenvalue weighted by Gasteiger charge is 2.26. The Balaban J connectivity index is 1.57. The van der Waals surface area contributed by atoms with Crippen LogP contribution in [0.25, 0.3) is 11.0 Å². The zero-order valence-electron chi connectivity index (χ0n) is 14.9. The summed E-state index contributed by atoms with van der Waals surface area (Å²) in [7, 11) is 1.62. The minimum Gasteiger partial charge on any atom is -0.366 e. The van der Waals surface area contributed by atoms with E-state index in [9.17, 15) is 14.0 Å². The lowest BCUT2D eigenvalue weighted by atomic mass is 10.1. The number of fused-ring (bicyclic) bond motifs is 1. The molecular weight excluding hydrogens is 347 g/mol. The van der Waals surface area contributed by atoms with Gasteiger partial charge in [0.15, 0.2) is 0 Å². The van der Waals surface area contributed by atoms with Crippen molar-refractivity contribution in [2.24, 2.45) is 7.05 Å². The van der Waals surface area contributed by atoms with Gasteiger partial charge in [-0.15, -0.1) is 0 Å². The standard InChI is InChI=1S/C20H19FN4O2/c1-23-18-14(5-4-8-22-18)13-15(19(23)26)20(27)25-11-9-24(10-12-25)17-7-3-2-6-16(17)21/h2-8,13H,9-12H2,1H3. The Morgan fingerprint density at radius 3 is 2.56 bits per heavy atom. The average molecular weight is 366 g/mol. The summed E-state index contributed by atoms with van der Waals surface area (Å²) < 4.78 is 15.4. The minimum absolute atomic E-state index is 0.136. The number of halogens is 1. The molecular formula is C20H19FN4O2. The third-order valence-electron chi connectivity index (χ3n) is 4.96. The molecule has 7 heteroatoms. The first-order valence-corrected chi connectivity index (χ1v) is 8.80. The second-order valence-corrected chi connectivity index (χ2v) is 6.57. The van der Waals surface area contributed by atoms with Crippen LogP contribution in [0.4, 0.5) is 10.1 Å². The quantitative estimate of drug-likeness (QED) is 0.696. The fourth-order valence-electron chi connectivity index (χ4n) is 3.48. The van der Waals surface area contributed by atoms with Gasteiger partial charge in [-0.25, -0.2) is 9.37 Å². The van der Waals surface area contributed by atoms with Crippen molar-refractivity contribution >= 4 is 22.6 Å². The first-order chi connectivity index (χ1) is 13.1. The van der Waals surface area contributed by atoms with E-state index in [2.05, 4.69) is 4.98 Å². The molecule has 0 unspecified atom stereocenters. The number of hydrogen-bond donors (Lipinski definition) is 0. The second-order valence-electron chi connectivity index (χ2n) is 6.57. The normalized spacial score (nSPS) is 14.6. The number of benzene rings is 1. The van der Waals surface area contributed by atoms with Gasteiger partial charge in [-0.2, -0.15) is 0 Å². The predicted octanol–water partition coefficient (Wildman–Crippen LogP) is 2.03. The largest absolute Gasteiger partial charge is 0.366 e. The van der Waals surface area contributed by atoms with E-state index in [-0.39, 0.29) is 22.8 Å². The van der Waals surface area contributed by atoms with Gasteiger partial charge in [0.05, 0.1) is 5.69 Å². The first-order valence-electron chi connectivity index (χ1n) is 8.80. The molecule has 1 aliphatic heterocycles. The van der Waals surface area contributed by atoms with E-state index in [0.717, 1.165) is 5.39 Å². The van der Waals surface area contributed by atoms with Crippen LogP contribution in [0, 0.1) is 5.82 Å². The number of rotatable bonds is 2. The van der Waals surface area contributed by atoms with Gasteiger partial charge in [0.25, 0.3) is 11.5 Å². The molecule has 1 fully saturated rings. The molecule has 0 bridgehead atoms. The molecule has 2 aromatic heterocycles. The number of nitrogens with zero attached hydrogens (tertiary/aromatic N) is 4. The van der Waals surface area contributed by atoms with Crippen LogP contribution in [-0.2, 0) is 7.05 Å². The van der Waals surface area contributed by atoms with Crippen molar-refractivity contribution in [3.63, 3.8) is 0 Å². The minimum atomic E-state index is -0.359. The highest BCUT2D eigenvalue weighted by molar-refractivity contribution is 5.97. The summed E-state index contributed by atoms with van der Waals surface area (Å²) in [5.41, 5.74) is 0.862. The maximum Gasteiger partial charge on any atom is 0.264 e. The summed E-state index contributed by atoms with van der Waals surface area (Å²) >= 11 is 0. The summed E-state index contributed by atoms with van der Waals surface area (Å²) in [5.74, 6) is -0.567. The van der Waals surface area contributed by atoms with Crippen molar-refractivity contribution in [1.29, 1.82) is 0 Å². The van der Waals surface area contributed by atoms with Crippen molar-refractivity contribution in [3.8, 4) is 0 Å². The highest BCUT2D eigenvalue weighted by atomic mass is 19.1. The number of amides is 1. The Morgan fingerprint density at radius 1 is 1.07 bits per heavy atom. The number of carbonyl (C=O) groups is 1. The van der Waals surface area contributed by atoms with Gasteiger partial charge >= 0.3 is 0 Å². The lowest BCUT2D eigenvalue weighted by Gasteiger charge is -2.36. The van der Waals surface area contributed by atoms with Crippen LogP contribution in [0.15, 0.2) is 53.5 Å². The number of carbonyl (C=O) groups excluding carboxylic acids is 1. The lowest BCUT2D eigenvalue weighted by molar-refractivity contribution is 0.0744. The van der Waals surface area contributed by atoms with Gasteiger partial charge < -0.3 is 9.80 Å². The van der Waals surface area contributed by atoms with Crippen LogP contribution >= 0.6 is 0 Å². The van der Waals surface area contributed by atoms with Gasteiger partial charge in [0, 0.05) is 44.8 Å². The summed E-state index contributed by atoms with van der Waals surface area (Å²) in [6, 6.07) is 11.8. The van der Waals surface area contributed by atoms with Gasteiger partial charge in [-0.05, 0) is 30.3 Å². The molecule has 0 saturated carbocycles. The molecule has 27 heavy (non-hydrogen) atoms. The number of pyridine rings is 2. The van der Waals surface area contributed by atoms with Crippen LogP contribution in [0.2, 0.25) is 0 Å². The number of aryl methyl sites for hydroxylation is 1. The van der Waals surface area contributed by atoms with Crippen molar-refractivity contribution in [1.82, 2.24) is 14.5 Å². The zero-order chi connectivity index (χ0) is 19.0. The van der Waals surface area contributed by atoms with Gasteiger partial charge in [0.2, 0.25) is 0 Å². The summed E-state index contributed by atoms with van der Waals surface area (Å²) in [5, 5.41) is 0.743. The third-order valence-corrected chi connectivity index (χ3v) is 4.96. The molecule has 6 nitrogen and oxygen atoms in total. The van der Waals surface area contributed by atoms with Crippen molar-refractivity contribution in [3.05, 3.63) is 70.4 Å². The van der Waals surface area contributed by atoms with E-state index in [1.165, 1.54) is 10.6 Å². The van der Waals surface area contributed by atoms with E-state index in [1.54, 1.807) is 48.5 Å². The van der Waals surface area contributed by atoms with E-state index >= 15 is 0 Å². The van der Waals surface area contributed by atoms with Gasteiger partial charge in [0.1, 0.15) is 17.0 Å². The Hall–Kier alpha value is -3.22. The van der Waals surface area contributed by atoms with Crippen molar-refractivity contribution < 1.29 is 9.18 Å². The van der Waals surface area contributed by atoms with Crippen LogP contribution in [0.5, 0.6) is 0 Å². The Kier molecular flexibility index (Phi) is 4.35. The number of aromatic nitrogens is 2. The number of piperazine rings is 1. The molecule has 0 spiro atoms. The van der Waals surface area contributed by atoms with Crippen LogP contribution in [-0.4, -0.2) is 46.5 Å². The molecule has 1 aromatic carbocycles. The highest BCUT2D eigenvalue weighted by Crippen LogP contribution is 2.21. The number of hydrogen-bond acceptors (Lipinski definition) is 4. The molecule has 3 heterocycles. The zero-order valence-corrected chi connectivity index (χ0v) is 14.9. The Labute approximate surface area is 155 Å².